The smallest absolute Gasteiger partial charge is 0.261 e. The lowest BCUT2D eigenvalue weighted by Crippen LogP contribution is -2.69. The summed E-state index contributed by atoms with van der Waals surface area (Å²) in [6.45, 7) is 13.4. The number of aliphatic hydroxyl groups is 1. The third kappa shape index (κ3) is 13.5. The third-order valence-electron chi connectivity index (χ3n) is 11.7. The van der Waals surface area contributed by atoms with Gasteiger partial charge >= 0.3 is 0 Å². The Morgan fingerprint density at radius 3 is 2.02 bits per heavy atom. The van der Waals surface area contributed by atoms with Crippen molar-refractivity contribution >= 4 is 18.7 Å². The van der Waals surface area contributed by atoms with E-state index < -0.39 is 26.6 Å². The summed E-state index contributed by atoms with van der Waals surface area (Å²) in [7, 11) is -3.00. The molecule has 1 N–H and O–H groups in total. The van der Waals surface area contributed by atoms with Gasteiger partial charge in [0.05, 0.1) is 50.3 Å². The number of hydrogen-bond donors (Lipinski definition) is 1. The van der Waals surface area contributed by atoms with E-state index in [1.807, 2.05) is 56.3 Å². The Bertz CT molecular complexity index is 1910. The van der Waals surface area contributed by atoms with Crippen LogP contribution in [0.1, 0.15) is 84.3 Å². The fraction of sp³-hybridized carbons (Fsp3) is 0.472. The molecule has 0 bridgehead atoms. The fourth-order valence-corrected chi connectivity index (χ4v) is 13.5. The van der Waals surface area contributed by atoms with Crippen molar-refractivity contribution in [2.45, 2.75) is 140 Å². The number of ether oxygens (including phenoxy) is 6. The van der Waals surface area contributed by atoms with E-state index >= 15 is 0 Å². The molecule has 0 spiro atoms. The zero-order valence-electron chi connectivity index (χ0n) is 37.4. The summed E-state index contributed by atoms with van der Waals surface area (Å²) in [5.74, 6) is 6.19. The first-order valence-electron chi connectivity index (χ1n) is 22.6. The van der Waals surface area contributed by atoms with Crippen LogP contribution in [-0.4, -0.2) is 82.3 Å². The fourth-order valence-electron chi connectivity index (χ4n) is 8.74. The molecule has 2 heterocycles. The summed E-state index contributed by atoms with van der Waals surface area (Å²) in [6.07, 6.45) is 5.06. The molecule has 2 fully saturated rings. The summed E-state index contributed by atoms with van der Waals surface area (Å²) in [4.78, 5) is 0. The number of aliphatic hydroxyl groups excluding tert-OH is 1. The van der Waals surface area contributed by atoms with Crippen molar-refractivity contribution in [3.8, 4) is 11.8 Å². The standard InChI is InChI=1S/C53H68O8Si/c1-6-56-41(2)59-49-33-22-36-57-48(49)32-21-9-16-27-44(54)37-51(58-39-43-25-14-8-15-26-43)52-50(35-34-45(60-52)40-55-38-42-23-12-7-13-24-42)61-62(53(3,4)5,46-28-17-10-18-29-46)47-30-19-11-20-31-47/h7-15,17-21,23-26,28-31,41,44-45,48-52,54H,6,22,32-40H2,1-5H3/b21-9-/t41?,44?,45-,48+,49-,50+,51+,52+/m0/s1. The molecule has 2 aliphatic rings. The van der Waals surface area contributed by atoms with Crippen molar-refractivity contribution < 1.29 is 38.0 Å². The van der Waals surface area contributed by atoms with Crippen molar-refractivity contribution in [1.29, 1.82) is 0 Å². The molecular weight excluding hydrogens is 793 g/mol. The third-order valence-corrected chi connectivity index (χ3v) is 16.8. The number of benzene rings is 4. The summed E-state index contributed by atoms with van der Waals surface area (Å²) in [6, 6.07) is 41.8. The minimum atomic E-state index is -3.00. The van der Waals surface area contributed by atoms with Gasteiger partial charge in [-0.1, -0.05) is 160 Å². The van der Waals surface area contributed by atoms with Gasteiger partial charge in [-0.25, -0.2) is 0 Å². The van der Waals surface area contributed by atoms with Crippen molar-refractivity contribution in [2.75, 3.05) is 19.8 Å². The van der Waals surface area contributed by atoms with Gasteiger partial charge in [0.25, 0.3) is 8.32 Å². The summed E-state index contributed by atoms with van der Waals surface area (Å²) in [5, 5.41) is 13.8. The first-order valence-corrected chi connectivity index (χ1v) is 24.5. The van der Waals surface area contributed by atoms with E-state index in [9.17, 15) is 5.11 Å². The topological polar surface area (TPSA) is 84.8 Å². The van der Waals surface area contributed by atoms with Gasteiger partial charge in [-0.2, -0.15) is 0 Å². The molecule has 0 saturated carbocycles. The van der Waals surface area contributed by atoms with Crippen molar-refractivity contribution in [1.82, 2.24) is 0 Å². The molecular formula is C53H68O8Si. The van der Waals surface area contributed by atoms with Crippen molar-refractivity contribution in [2.24, 2.45) is 0 Å². The number of hydrogen-bond acceptors (Lipinski definition) is 8. The van der Waals surface area contributed by atoms with Crippen molar-refractivity contribution in [3.05, 3.63) is 145 Å². The average molecular weight is 861 g/mol. The van der Waals surface area contributed by atoms with Crippen LogP contribution in [0.3, 0.4) is 0 Å². The number of rotatable bonds is 20. The Morgan fingerprint density at radius 2 is 1.40 bits per heavy atom. The second-order valence-corrected chi connectivity index (χ2v) is 21.6. The largest absolute Gasteiger partial charge is 0.402 e. The van der Waals surface area contributed by atoms with Crippen LogP contribution >= 0.6 is 0 Å². The van der Waals surface area contributed by atoms with Crippen LogP contribution in [-0.2, 0) is 46.1 Å². The van der Waals surface area contributed by atoms with E-state index in [2.05, 4.69) is 118 Å². The second-order valence-electron chi connectivity index (χ2n) is 17.4. The van der Waals surface area contributed by atoms with Gasteiger partial charge in [-0.15, -0.1) is 0 Å². The average Bonchev–Trinajstić information content (AvgIpc) is 3.28. The Balaban J connectivity index is 1.27. The Kier molecular flexibility index (Phi) is 18.6. The zero-order valence-corrected chi connectivity index (χ0v) is 38.4. The first kappa shape index (κ1) is 47.6. The normalized spacial score (nSPS) is 22.4. The zero-order chi connectivity index (χ0) is 43.6. The Morgan fingerprint density at radius 1 is 0.790 bits per heavy atom. The van der Waals surface area contributed by atoms with Crippen LogP contribution in [0.25, 0.3) is 0 Å². The van der Waals surface area contributed by atoms with Crippen LogP contribution in [0, 0.1) is 11.8 Å². The minimum absolute atomic E-state index is 0.0434. The monoisotopic (exact) mass is 860 g/mol. The van der Waals surface area contributed by atoms with E-state index in [1.54, 1.807) is 6.08 Å². The maximum atomic E-state index is 11.7. The Hall–Kier alpha value is -3.92. The molecule has 8 atom stereocenters. The molecule has 0 amide bonds. The van der Waals surface area contributed by atoms with Crippen LogP contribution in [0.2, 0.25) is 5.04 Å². The molecule has 9 heteroatoms. The highest BCUT2D eigenvalue weighted by molar-refractivity contribution is 6.99. The second kappa shape index (κ2) is 24.2. The lowest BCUT2D eigenvalue weighted by Gasteiger charge is -2.49. The highest BCUT2D eigenvalue weighted by Crippen LogP contribution is 2.40. The van der Waals surface area contributed by atoms with Crippen LogP contribution in [0.5, 0.6) is 0 Å². The SMILES string of the molecule is CCOC(C)O[C@H]1CCCO[C@@H]1C/C=C\C#CC(O)C[C@@H](OCc1ccccc1)[C@@H]1O[C@H](COCc2ccccc2)CC[C@H]1O[Si](c1ccccc1)(c1ccccc1)C(C)(C)C. The maximum absolute atomic E-state index is 11.7. The lowest BCUT2D eigenvalue weighted by molar-refractivity contribution is -0.201. The van der Waals surface area contributed by atoms with Gasteiger partial charge in [0.2, 0.25) is 0 Å². The molecule has 2 saturated heterocycles. The highest BCUT2D eigenvalue weighted by atomic mass is 28.4. The van der Waals surface area contributed by atoms with Gasteiger partial charge in [0.15, 0.2) is 6.29 Å². The number of allylic oxidation sites excluding steroid dienone is 1. The van der Waals surface area contributed by atoms with E-state index in [0.717, 1.165) is 36.8 Å². The Labute approximate surface area is 372 Å². The van der Waals surface area contributed by atoms with Gasteiger partial charge in [0, 0.05) is 19.6 Å². The predicted octanol–water partition coefficient (Wildman–Crippen LogP) is 8.93. The molecule has 6 rings (SSSR count). The maximum Gasteiger partial charge on any atom is 0.261 e. The molecule has 332 valence electrons. The summed E-state index contributed by atoms with van der Waals surface area (Å²) < 4.78 is 45.9. The summed E-state index contributed by atoms with van der Waals surface area (Å²) in [5.41, 5.74) is 2.15. The molecule has 0 radical (unpaired) electrons. The minimum Gasteiger partial charge on any atom is -0.402 e. The molecule has 62 heavy (non-hydrogen) atoms. The molecule has 0 aromatic heterocycles. The van der Waals surface area contributed by atoms with Crippen LogP contribution < -0.4 is 10.4 Å². The van der Waals surface area contributed by atoms with E-state index in [0.29, 0.717) is 39.5 Å². The van der Waals surface area contributed by atoms with E-state index in [-0.39, 0.29) is 42.2 Å². The predicted molar refractivity (Wildman–Crippen MR) is 249 cm³/mol. The van der Waals surface area contributed by atoms with Crippen molar-refractivity contribution in [3.63, 3.8) is 0 Å². The highest BCUT2D eigenvalue weighted by Gasteiger charge is 2.53. The molecule has 4 aromatic carbocycles. The molecule has 2 aliphatic heterocycles. The lowest BCUT2D eigenvalue weighted by atomic mass is 9.94. The van der Waals surface area contributed by atoms with Gasteiger partial charge in [-0.05, 0) is 78.6 Å². The van der Waals surface area contributed by atoms with Crippen LogP contribution in [0.4, 0.5) is 0 Å². The van der Waals surface area contributed by atoms with Gasteiger partial charge in [0.1, 0.15) is 12.2 Å². The van der Waals surface area contributed by atoms with E-state index in [4.69, 9.17) is 32.8 Å². The van der Waals surface area contributed by atoms with Gasteiger partial charge in [-0.3, -0.25) is 0 Å². The summed E-state index contributed by atoms with van der Waals surface area (Å²) >= 11 is 0. The molecule has 8 nitrogen and oxygen atoms in total. The molecule has 0 aliphatic carbocycles. The van der Waals surface area contributed by atoms with Gasteiger partial charge < -0.3 is 38.0 Å². The van der Waals surface area contributed by atoms with Crippen LogP contribution in [0.15, 0.2) is 133 Å². The quantitative estimate of drug-likeness (QED) is 0.0536. The van der Waals surface area contributed by atoms with E-state index in [1.165, 1.54) is 10.4 Å². The first-order chi connectivity index (χ1) is 30.2. The molecule has 2 unspecified atom stereocenters. The molecule has 4 aromatic rings.